The summed E-state index contributed by atoms with van der Waals surface area (Å²) in [6.45, 7) is 0. The molecule has 0 bridgehead atoms. The SMILES string of the molecule is [B]c1c#cc([B])c(CCC(N)=O)c1. The number of hydrogen-bond acceptors (Lipinski definition) is 1. The monoisotopic (exact) mass is 167 g/mol. The number of nitrogens with two attached hydrogens (primary N) is 1. The van der Waals surface area contributed by atoms with E-state index in [4.69, 9.17) is 21.4 Å². The Balaban J connectivity index is 2.75. The Kier molecular flexibility index (Phi) is 3.02. The molecule has 4 heteroatoms. The Hall–Kier alpha value is -1.36. The normalized spacial score (nSPS) is 9.23. The molecule has 2 N–H and O–H groups in total. The smallest absolute Gasteiger partial charge is 0.217 e. The summed E-state index contributed by atoms with van der Waals surface area (Å²) in [5.41, 5.74) is 6.72. The third-order valence-corrected chi connectivity index (χ3v) is 1.66. The van der Waals surface area contributed by atoms with Crippen LogP contribution in [0.1, 0.15) is 12.0 Å². The third-order valence-electron chi connectivity index (χ3n) is 1.66. The molecule has 0 aromatic heterocycles. The predicted molar refractivity (Wildman–Crippen MR) is 52.4 cm³/mol. The van der Waals surface area contributed by atoms with Crippen molar-refractivity contribution < 1.29 is 4.79 Å². The third kappa shape index (κ3) is 2.87. The fourth-order valence-corrected chi connectivity index (χ4v) is 0.986. The average Bonchev–Trinajstić information content (AvgIpc) is 2.06. The lowest BCUT2D eigenvalue weighted by Crippen LogP contribution is -2.18. The topological polar surface area (TPSA) is 43.1 Å². The number of carbonyl (C=O) groups excluding carboxylic acids is 1. The van der Waals surface area contributed by atoms with Gasteiger partial charge in [-0.1, -0.05) is 18.2 Å². The Labute approximate surface area is 80.3 Å². The summed E-state index contributed by atoms with van der Waals surface area (Å²) >= 11 is 0. The van der Waals surface area contributed by atoms with E-state index in [1.807, 2.05) is 0 Å². The molecule has 1 rings (SSSR count). The minimum atomic E-state index is -0.356. The number of aryl methyl sites for hydroxylation is 1. The van der Waals surface area contributed by atoms with Crippen molar-refractivity contribution in [2.75, 3.05) is 0 Å². The molecule has 13 heavy (non-hydrogen) atoms. The van der Waals surface area contributed by atoms with E-state index in [-0.39, 0.29) is 12.3 Å². The van der Waals surface area contributed by atoms with Crippen molar-refractivity contribution >= 4 is 32.5 Å². The molecule has 1 aromatic carbocycles. The molecule has 0 aliphatic carbocycles. The van der Waals surface area contributed by atoms with Crippen molar-refractivity contribution in [1.82, 2.24) is 0 Å². The van der Waals surface area contributed by atoms with E-state index in [9.17, 15) is 4.79 Å². The molecule has 0 atom stereocenters. The molecule has 0 unspecified atom stereocenters. The van der Waals surface area contributed by atoms with Gasteiger partial charge in [-0.15, -0.1) is 0 Å². The van der Waals surface area contributed by atoms with Crippen LogP contribution in [0.4, 0.5) is 0 Å². The maximum Gasteiger partial charge on any atom is 0.217 e. The summed E-state index contributed by atoms with van der Waals surface area (Å²) in [6.07, 6.45) is 0.762. The van der Waals surface area contributed by atoms with Gasteiger partial charge in [0.1, 0.15) is 15.7 Å². The van der Waals surface area contributed by atoms with Gasteiger partial charge >= 0.3 is 0 Å². The van der Waals surface area contributed by atoms with Gasteiger partial charge in [0, 0.05) is 6.42 Å². The molecular weight excluding hydrogens is 160 g/mol. The van der Waals surface area contributed by atoms with E-state index in [1.54, 1.807) is 6.07 Å². The maximum absolute atomic E-state index is 10.5. The van der Waals surface area contributed by atoms with Gasteiger partial charge < -0.3 is 5.73 Å². The Morgan fingerprint density at radius 3 is 2.77 bits per heavy atom. The van der Waals surface area contributed by atoms with Gasteiger partial charge in [-0.05, 0) is 22.9 Å². The molecule has 0 aliphatic rings. The molecule has 0 heterocycles. The number of hydrogen-bond donors (Lipinski definition) is 1. The van der Waals surface area contributed by atoms with Crippen molar-refractivity contribution in [2.24, 2.45) is 5.73 Å². The quantitative estimate of drug-likeness (QED) is 0.535. The molecule has 0 fully saturated rings. The number of primary amides is 1. The highest BCUT2D eigenvalue weighted by atomic mass is 16.1. The summed E-state index contributed by atoms with van der Waals surface area (Å²) in [4.78, 5) is 10.5. The van der Waals surface area contributed by atoms with Crippen LogP contribution in [0.15, 0.2) is 6.07 Å². The zero-order chi connectivity index (χ0) is 9.84. The first-order valence-corrected chi connectivity index (χ1v) is 3.85. The lowest BCUT2D eigenvalue weighted by Gasteiger charge is -2.02. The highest BCUT2D eigenvalue weighted by Gasteiger charge is 2.00. The Morgan fingerprint density at radius 1 is 1.46 bits per heavy atom. The van der Waals surface area contributed by atoms with Crippen LogP contribution >= 0.6 is 0 Å². The van der Waals surface area contributed by atoms with Gasteiger partial charge in [0.2, 0.25) is 5.91 Å². The Morgan fingerprint density at radius 2 is 2.15 bits per heavy atom. The van der Waals surface area contributed by atoms with E-state index in [2.05, 4.69) is 12.1 Å². The van der Waals surface area contributed by atoms with Crippen LogP contribution < -0.4 is 16.7 Å². The van der Waals surface area contributed by atoms with Gasteiger partial charge in [0.15, 0.2) is 0 Å². The summed E-state index contributed by atoms with van der Waals surface area (Å²) in [5.74, 6) is -0.356. The fourth-order valence-electron chi connectivity index (χ4n) is 0.986. The zero-order valence-corrected chi connectivity index (χ0v) is 7.13. The van der Waals surface area contributed by atoms with Crippen LogP contribution in [0.3, 0.4) is 0 Å². The van der Waals surface area contributed by atoms with Crippen LogP contribution in [-0.2, 0) is 11.2 Å². The van der Waals surface area contributed by atoms with Gasteiger partial charge in [0.05, 0.1) is 0 Å². The summed E-state index contributed by atoms with van der Waals surface area (Å²) in [6, 6.07) is 6.98. The minimum absolute atomic E-state index is 0.265. The molecule has 1 amide bonds. The molecule has 2 nitrogen and oxygen atoms in total. The zero-order valence-electron chi connectivity index (χ0n) is 7.13. The number of rotatable bonds is 3. The molecule has 0 saturated heterocycles. The maximum atomic E-state index is 10.5. The van der Waals surface area contributed by atoms with Crippen molar-refractivity contribution in [3.05, 3.63) is 23.8 Å². The van der Waals surface area contributed by atoms with Gasteiger partial charge in [-0.2, -0.15) is 0 Å². The number of amides is 1. The second-order valence-electron chi connectivity index (χ2n) is 2.75. The molecular formula is C9H7B2NO. The van der Waals surface area contributed by atoms with E-state index < -0.39 is 0 Å². The second kappa shape index (κ2) is 4.04. The summed E-state index contributed by atoms with van der Waals surface area (Å²) in [5, 5.41) is 0. The van der Waals surface area contributed by atoms with E-state index >= 15 is 0 Å². The second-order valence-corrected chi connectivity index (χ2v) is 2.75. The van der Waals surface area contributed by atoms with Crippen molar-refractivity contribution in [1.29, 1.82) is 0 Å². The van der Waals surface area contributed by atoms with Crippen molar-refractivity contribution in [3.8, 4) is 0 Å². The van der Waals surface area contributed by atoms with Gasteiger partial charge in [-0.3, -0.25) is 4.79 Å². The summed E-state index contributed by atoms with van der Waals surface area (Å²) in [7, 11) is 11.1. The highest BCUT2D eigenvalue weighted by Crippen LogP contribution is 1.94. The standard InChI is InChI=1S/C9H7B2NO/c10-7-2-3-8(11)6(5-7)1-4-9(12)13/h5H,1,4H2,(H2,12,13). The first-order chi connectivity index (χ1) is 6.09. The van der Waals surface area contributed by atoms with Crippen molar-refractivity contribution in [2.45, 2.75) is 12.8 Å². The molecule has 0 saturated carbocycles. The largest absolute Gasteiger partial charge is 0.370 e. The average molecular weight is 167 g/mol. The molecule has 0 aliphatic heterocycles. The minimum Gasteiger partial charge on any atom is -0.370 e. The van der Waals surface area contributed by atoms with Crippen LogP contribution in [0.5, 0.6) is 0 Å². The fraction of sp³-hybridized carbons (Fsp3) is 0.222. The van der Waals surface area contributed by atoms with Gasteiger partial charge in [-0.25, -0.2) is 0 Å². The van der Waals surface area contributed by atoms with Crippen LogP contribution in [-0.4, -0.2) is 21.6 Å². The van der Waals surface area contributed by atoms with Crippen LogP contribution in [0.2, 0.25) is 0 Å². The van der Waals surface area contributed by atoms with Crippen LogP contribution in [0, 0.1) is 12.1 Å². The van der Waals surface area contributed by atoms with Gasteiger partial charge in [0.25, 0.3) is 0 Å². The molecule has 0 spiro atoms. The van der Waals surface area contributed by atoms with Crippen LogP contribution in [0.25, 0.3) is 0 Å². The molecule has 4 radical (unpaired) electrons. The van der Waals surface area contributed by atoms with E-state index in [0.717, 1.165) is 5.56 Å². The highest BCUT2D eigenvalue weighted by molar-refractivity contribution is 6.35. The summed E-state index contributed by atoms with van der Waals surface area (Å²) < 4.78 is 0. The number of carbonyl (C=O) groups is 1. The molecule has 1 aromatic rings. The van der Waals surface area contributed by atoms with E-state index in [1.165, 1.54) is 0 Å². The Bertz CT molecular complexity index is 325. The lowest BCUT2D eigenvalue weighted by atomic mass is 9.85. The first-order valence-electron chi connectivity index (χ1n) is 3.85. The molecule has 60 valence electrons. The van der Waals surface area contributed by atoms with E-state index in [0.29, 0.717) is 17.3 Å². The predicted octanol–water partition coefficient (Wildman–Crippen LogP) is -1.71. The lowest BCUT2D eigenvalue weighted by molar-refractivity contribution is -0.117. The van der Waals surface area contributed by atoms with Crippen molar-refractivity contribution in [3.63, 3.8) is 0 Å². The first kappa shape index (κ1) is 9.73.